The predicted octanol–water partition coefficient (Wildman–Crippen LogP) is 2.24. The number of aliphatic imine (C=N–C) groups is 1. The standard InChI is InChI=1S/C14H20FN3/c1-10-7-13(10)17-14(16-2)18(3)9-11-5-4-6-12(15)8-11/h4-6,8,10,13H,7,9H2,1-3H3,(H,16,17). The van der Waals surface area contributed by atoms with Gasteiger partial charge in [-0.05, 0) is 30.0 Å². The number of benzene rings is 1. The molecule has 0 saturated heterocycles. The molecule has 0 aromatic heterocycles. The topological polar surface area (TPSA) is 27.6 Å². The van der Waals surface area contributed by atoms with Crippen molar-refractivity contribution in [2.45, 2.75) is 25.9 Å². The molecule has 1 aliphatic rings. The molecule has 1 N–H and O–H groups in total. The molecular formula is C14H20FN3. The molecule has 98 valence electrons. The first-order chi connectivity index (χ1) is 8.60. The van der Waals surface area contributed by atoms with Crippen LogP contribution in [0.4, 0.5) is 4.39 Å². The largest absolute Gasteiger partial charge is 0.353 e. The van der Waals surface area contributed by atoms with Crippen molar-refractivity contribution >= 4 is 5.96 Å². The molecule has 0 aliphatic heterocycles. The first-order valence-corrected chi connectivity index (χ1v) is 6.29. The molecule has 3 nitrogen and oxygen atoms in total. The van der Waals surface area contributed by atoms with Crippen LogP contribution in [0.15, 0.2) is 29.3 Å². The molecule has 1 aromatic carbocycles. The third-order valence-electron chi connectivity index (χ3n) is 3.31. The fourth-order valence-electron chi connectivity index (χ4n) is 2.02. The Morgan fingerprint density at radius 1 is 1.56 bits per heavy atom. The summed E-state index contributed by atoms with van der Waals surface area (Å²) in [6.45, 7) is 2.87. The zero-order valence-electron chi connectivity index (χ0n) is 11.2. The summed E-state index contributed by atoms with van der Waals surface area (Å²) >= 11 is 0. The van der Waals surface area contributed by atoms with Crippen LogP contribution >= 0.6 is 0 Å². The third-order valence-corrected chi connectivity index (χ3v) is 3.31. The van der Waals surface area contributed by atoms with E-state index in [-0.39, 0.29) is 5.82 Å². The summed E-state index contributed by atoms with van der Waals surface area (Å²) in [5, 5.41) is 3.41. The van der Waals surface area contributed by atoms with Crippen LogP contribution in [0.1, 0.15) is 18.9 Å². The van der Waals surface area contributed by atoms with E-state index in [2.05, 4.69) is 17.2 Å². The van der Waals surface area contributed by atoms with Gasteiger partial charge in [0.05, 0.1) is 0 Å². The van der Waals surface area contributed by atoms with Crippen molar-refractivity contribution in [2.75, 3.05) is 14.1 Å². The lowest BCUT2D eigenvalue weighted by molar-refractivity contribution is 0.472. The van der Waals surface area contributed by atoms with Crippen LogP contribution in [-0.4, -0.2) is 31.0 Å². The van der Waals surface area contributed by atoms with Crippen molar-refractivity contribution in [3.8, 4) is 0 Å². The van der Waals surface area contributed by atoms with Crippen molar-refractivity contribution in [1.29, 1.82) is 0 Å². The van der Waals surface area contributed by atoms with Gasteiger partial charge in [-0.3, -0.25) is 4.99 Å². The lowest BCUT2D eigenvalue weighted by Crippen LogP contribution is -2.40. The molecule has 1 aliphatic carbocycles. The second-order valence-corrected chi connectivity index (χ2v) is 5.00. The fraction of sp³-hybridized carbons (Fsp3) is 0.500. The second kappa shape index (κ2) is 5.38. The van der Waals surface area contributed by atoms with Crippen LogP contribution in [0, 0.1) is 11.7 Å². The van der Waals surface area contributed by atoms with E-state index in [1.54, 1.807) is 19.2 Å². The van der Waals surface area contributed by atoms with E-state index in [0.717, 1.165) is 17.4 Å². The van der Waals surface area contributed by atoms with E-state index in [4.69, 9.17) is 0 Å². The number of hydrogen-bond acceptors (Lipinski definition) is 1. The molecule has 2 unspecified atom stereocenters. The van der Waals surface area contributed by atoms with E-state index in [9.17, 15) is 4.39 Å². The van der Waals surface area contributed by atoms with E-state index in [1.165, 1.54) is 12.5 Å². The van der Waals surface area contributed by atoms with Gasteiger partial charge in [-0.1, -0.05) is 19.1 Å². The predicted molar refractivity (Wildman–Crippen MR) is 71.9 cm³/mol. The normalized spacial score (nSPS) is 22.8. The van der Waals surface area contributed by atoms with Gasteiger partial charge in [0.25, 0.3) is 0 Å². The summed E-state index contributed by atoms with van der Waals surface area (Å²) in [6, 6.07) is 7.22. The first-order valence-electron chi connectivity index (χ1n) is 6.29. The molecule has 1 aromatic rings. The average molecular weight is 249 g/mol. The minimum Gasteiger partial charge on any atom is -0.353 e. The molecule has 0 bridgehead atoms. The highest BCUT2D eigenvalue weighted by atomic mass is 19.1. The smallest absolute Gasteiger partial charge is 0.193 e. The number of halogens is 1. The Morgan fingerprint density at radius 2 is 2.28 bits per heavy atom. The zero-order chi connectivity index (χ0) is 13.1. The van der Waals surface area contributed by atoms with E-state index in [0.29, 0.717) is 12.6 Å². The van der Waals surface area contributed by atoms with Gasteiger partial charge in [-0.15, -0.1) is 0 Å². The van der Waals surface area contributed by atoms with Crippen LogP contribution in [0.25, 0.3) is 0 Å². The highest BCUT2D eigenvalue weighted by Crippen LogP contribution is 2.29. The number of hydrogen-bond donors (Lipinski definition) is 1. The summed E-state index contributed by atoms with van der Waals surface area (Å²) in [6.07, 6.45) is 1.20. The second-order valence-electron chi connectivity index (χ2n) is 5.00. The van der Waals surface area contributed by atoms with Gasteiger partial charge in [0.1, 0.15) is 5.82 Å². The zero-order valence-corrected chi connectivity index (χ0v) is 11.2. The summed E-state index contributed by atoms with van der Waals surface area (Å²) in [5.74, 6) is 1.40. The van der Waals surface area contributed by atoms with Crippen LogP contribution in [0.3, 0.4) is 0 Å². The minimum absolute atomic E-state index is 0.195. The van der Waals surface area contributed by atoms with Gasteiger partial charge >= 0.3 is 0 Å². The molecule has 0 heterocycles. The van der Waals surface area contributed by atoms with Gasteiger partial charge in [0, 0.05) is 26.7 Å². The maximum atomic E-state index is 13.1. The summed E-state index contributed by atoms with van der Waals surface area (Å²) in [7, 11) is 3.74. The van der Waals surface area contributed by atoms with Gasteiger partial charge in [-0.2, -0.15) is 0 Å². The van der Waals surface area contributed by atoms with E-state index < -0.39 is 0 Å². The molecule has 0 amide bonds. The van der Waals surface area contributed by atoms with Crippen LogP contribution in [0.5, 0.6) is 0 Å². The average Bonchev–Trinajstić information content (AvgIpc) is 3.02. The van der Waals surface area contributed by atoms with Gasteiger partial charge in [0.15, 0.2) is 5.96 Å². The molecule has 18 heavy (non-hydrogen) atoms. The highest BCUT2D eigenvalue weighted by molar-refractivity contribution is 5.80. The van der Waals surface area contributed by atoms with Gasteiger partial charge < -0.3 is 10.2 Å². The molecular weight excluding hydrogens is 229 g/mol. The third kappa shape index (κ3) is 3.22. The Morgan fingerprint density at radius 3 is 2.83 bits per heavy atom. The Bertz CT molecular complexity index is 444. The van der Waals surface area contributed by atoms with Gasteiger partial charge in [0.2, 0.25) is 0 Å². The molecule has 2 atom stereocenters. The lowest BCUT2D eigenvalue weighted by Gasteiger charge is -2.22. The van der Waals surface area contributed by atoms with Gasteiger partial charge in [-0.25, -0.2) is 4.39 Å². The molecule has 1 saturated carbocycles. The van der Waals surface area contributed by atoms with E-state index in [1.807, 2.05) is 18.0 Å². The van der Waals surface area contributed by atoms with Crippen molar-refractivity contribution < 1.29 is 4.39 Å². The molecule has 2 rings (SSSR count). The van der Waals surface area contributed by atoms with Crippen molar-refractivity contribution in [2.24, 2.45) is 10.9 Å². The Hall–Kier alpha value is -1.58. The van der Waals surface area contributed by atoms with Crippen LogP contribution in [0.2, 0.25) is 0 Å². The summed E-state index contributed by atoms with van der Waals surface area (Å²) in [5.41, 5.74) is 0.948. The van der Waals surface area contributed by atoms with E-state index >= 15 is 0 Å². The minimum atomic E-state index is -0.195. The Kier molecular flexibility index (Phi) is 3.84. The van der Waals surface area contributed by atoms with Crippen molar-refractivity contribution in [1.82, 2.24) is 10.2 Å². The van der Waals surface area contributed by atoms with Crippen molar-refractivity contribution in [3.63, 3.8) is 0 Å². The maximum absolute atomic E-state index is 13.1. The quantitative estimate of drug-likeness (QED) is 0.657. The van der Waals surface area contributed by atoms with Crippen molar-refractivity contribution in [3.05, 3.63) is 35.6 Å². The van der Waals surface area contributed by atoms with Crippen LogP contribution < -0.4 is 5.32 Å². The Labute approximate surface area is 108 Å². The summed E-state index contributed by atoms with van der Waals surface area (Å²) in [4.78, 5) is 6.27. The highest BCUT2D eigenvalue weighted by Gasteiger charge is 2.33. The number of guanidine groups is 1. The first kappa shape index (κ1) is 12.9. The molecule has 0 spiro atoms. The molecule has 1 fully saturated rings. The Balaban J connectivity index is 1.95. The number of rotatable bonds is 3. The molecule has 0 radical (unpaired) electrons. The fourth-order valence-corrected chi connectivity index (χ4v) is 2.02. The number of nitrogens with zero attached hydrogens (tertiary/aromatic N) is 2. The maximum Gasteiger partial charge on any atom is 0.193 e. The molecule has 4 heteroatoms. The SMILES string of the molecule is CN=C(NC1CC1C)N(C)Cc1cccc(F)c1. The lowest BCUT2D eigenvalue weighted by atomic mass is 10.2. The van der Waals surface area contributed by atoms with Crippen LogP contribution in [-0.2, 0) is 6.54 Å². The monoisotopic (exact) mass is 249 g/mol. The number of nitrogens with one attached hydrogen (secondary N) is 1. The summed E-state index contributed by atoms with van der Waals surface area (Å²) < 4.78 is 13.1.